The second-order valence-corrected chi connectivity index (χ2v) is 5.56. The first kappa shape index (κ1) is 15.5. The van der Waals surface area contributed by atoms with Crippen molar-refractivity contribution in [3.63, 3.8) is 0 Å². The van der Waals surface area contributed by atoms with E-state index >= 15 is 0 Å². The summed E-state index contributed by atoms with van der Waals surface area (Å²) in [6.45, 7) is 0. The Morgan fingerprint density at radius 3 is 2.67 bits per heavy atom. The van der Waals surface area contributed by atoms with Crippen molar-refractivity contribution in [2.45, 2.75) is 12.8 Å². The average molecular weight is 350 g/mol. The summed E-state index contributed by atoms with van der Waals surface area (Å²) in [5.74, 6) is -0.851. The number of carboxylic acids is 1. The van der Waals surface area contributed by atoms with E-state index in [4.69, 9.17) is 4.74 Å². The fourth-order valence-corrected chi connectivity index (χ4v) is 2.56. The highest BCUT2D eigenvalue weighted by atomic mass is 79.9. The zero-order valence-corrected chi connectivity index (χ0v) is 13.2. The predicted octanol–water partition coefficient (Wildman–Crippen LogP) is 3.34. The number of methoxy groups -OCH3 is 1. The van der Waals surface area contributed by atoms with Crippen LogP contribution in [0.2, 0.25) is 0 Å². The lowest BCUT2D eigenvalue weighted by Crippen LogP contribution is -2.20. The van der Waals surface area contributed by atoms with Crippen molar-refractivity contribution in [3.05, 3.63) is 58.2 Å². The van der Waals surface area contributed by atoms with Crippen molar-refractivity contribution < 1.29 is 14.6 Å². The van der Waals surface area contributed by atoms with E-state index in [2.05, 4.69) is 20.9 Å². The van der Waals surface area contributed by atoms with Gasteiger partial charge in [0.05, 0.1) is 13.0 Å². The summed E-state index contributed by atoms with van der Waals surface area (Å²) in [6.07, 6.45) is 0.823. The summed E-state index contributed by atoms with van der Waals surface area (Å²) in [7, 11) is 1.54. The fraction of sp³-hybridized carbons (Fsp3) is 0.250. The first-order valence-corrected chi connectivity index (χ1v) is 7.35. The summed E-state index contributed by atoms with van der Waals surface area (Å²) >= 11 is 3.45. The number of aliphatic carboxylic acids is 1. The molecule has 1 aromatic carbocycles. The van der Waals surface area contributed by atoms with Gasteiger partial charge < -0.3 is 9.84 Å². The molecule has 0 spiro atoms. The van der Waals surface area contributed by atoms with E-state index in [0.29, 0.717) is 24.4 Å². The maximum Gasteiger partial charge on any atom is 0.307 e. The standard InChI is InChI=1S/C16H16BrNO3/c1-21-15-8-4-6-13(18-15)10-12(16(19)20)9-11-5-2-3-7-14(11)17/h2-8,12H,9-10H2,1H3,(H,19,20). The SMILES string of the molecule is COc1cccc(CC(Cc2ccccc2Br)C(=O)O)n1. The number of aromatic nitrogens is 1. The molecule has 0 saturated carbocycles. The quantitative estimate of drug-likeness (QED) is 0.868. The number of benzene rings is 1. The summed E-state index contributed by atoms with van der Waals surface area (Å²) in [4.78, 5) is 15.8. The number of carboxylic acid groups (broad SMARTS) is 1. The molecule has 21 heavy (non-hydrogen) atoms. The number of pyridine rings is 1. The number of hydrogen-bond acceptors (Lipinski definition) is 3. The second kappa shape index (κ2) is 7.22. The van der Waals surface area contributed by atoms with Gasteiger partial charge in [-0.1, -0.05) is 40.2 Å². The largest absolute Gasteiger partial charge is 0.481 e. The fourth-order valence-electron chi connectivity index (χ4n) is 2.11. The first-order chi connectivity index (χ1) is 10.1. The van der Waals surface area contributed by atoms with Crippen LogP contribution in [0.5, 0.6) is 5.88 Å². The van der Waals surface area contributed by atoms with Gasteiger partial charge in [-0.25, -0.2) is 4.98 Å². The number of hydrogen-bond donors (Lipinski definition) is 1. The highest BCUT2D eigenvalue weighted by Crippen LogP contribution is 2.22. The van der Waals surface area contributed by atoms with Crippen LogP contribution < -0.4 is 4.74 Å². The van der Waals surface area contributed by atoms with E-state index in [1.807, 2.05) is 36.4 Å². The number of ether oxygens (including phenoxy) is 1. The van der Waals surface area contributed by atoms with Crippen LogP contribution in [0.4, 0.5) is 0 Å². The molecule has 0 aliphatic rings. The van der Waals surface area contributed by atoms with Gasteiger partial charge in [0.25, 0.3) is 0 Å². The molecule has 0 aliphatic carbocycles. The van der Waals surface area contributed by atoms with Gasteiger partial charge in [-0.3, -0.25) is 4.79 Å². The molecule has 0 aliphatic heterocycles. The summed E-state index contributed by atoms with van der Waals surface area (Å²) < 4.78 is 5.99. The van der Waals surface area contributed by atoms with Crippen molar-refractivity contribution in [1.82, 2.24) is 4.98 Å². The van der Waals surface area contributed by atoms with E-state index in [9.17, 15) is 9.90 Å². The predicted molar refractivity (Wildman–Crippen MR) is 83.5 cm³/mol. The second-order valence-electron chi connectivity index (χ2n) is 4.71. The van der Waals surface area contributed by atoms with Crippen LogP contribution in [0.25, 0.3) is 0 Å². The Hall–Kier alpha value is -1.88. The molecule has 0 amide bonds. The van der Waals surface area contributed by atoms with Gasteiger partial charge in [-0.05, 0) is 24.1 Å². The summed E-state index contributed by atoms with van der Waals surface area (Å²) in [5.41, 5.74) is 1.70. The van der Waals surface area contributed by atoms with Crippen LogP contribution in [0.15, 0.2) is 46.9 Å². The molecule has 0 saturated heterocycles. The molecule has 1 atom stereocenters. The minimum atomic E-state index is -0.824. The molecule has 0 radical (unpaired) electrons. The van der Waals surface area contributed by atoms with Gasteiger partial charge in [-0.2, -0.15) is 0 Å². The van der Waals surface area contributed by atoms with Gasteiger partial charge in [-0.15, -0.1) is 0 Å². The average Bonchev–Trinajstić information content (AvgIpc) is 2.49. The zero-order chi connectivity index (χ0) is 15.2. The molecule has 1 heterocycles. The number of halogens is 1. The Morgan fingerprint density at radius 1 is 1.24 bits per heavy atom. The Morgan fingerprint density at radius 2 is 2.00 bits per heavy atom. The third-order valence-electron chi connectivity index (χ3n) is 3.22. The topological polar surface area (TPSA) is 59.4 Å². The van der Waals surface area contributed by atoms with E-state index in [1.165, 1.54) is 0 Å². The maximum absolute atomic E-state index is 11.5. The van der Waals surface area contributed by atoms with Crippen LogP contribution in [0.3, 0.4) is 0 Å². The molecule has 2 aromatic rings. The van der Waals surface area contributed by atoms with Crippen molar-refractivity contribution in [2.24, 2.45) is 5.92 Å². The van der Waals surface area contributed by atoms with E-state index in [-0.39, 0.29) is 0 Å². The first-order valence-electron chi connectivity index (χ1n) is 6.56. The lowest BCUT2D eigenvalue weighted by molar-refractivity contribution is -0.141. The van der Waals surface area contributed by atoms with Gasteiger partial charge in [0.1, 0.15) is 0 Å². The highest BCUT2D eigenvalue weighted by molar-refractivity contribution is 9.10. The van der Waals surface area contributed by atoms with Crippen LogP contribution in [-0.4, -0.2) is 23.2 Å². The molecular weight excluding hydrogens is 334 g/mol. The molecule has 2 rings (SSSR count). The third-order valence-corrected chi connectivity index (χ3v) is 3.99. The smallest absolute Gasteiger partial charge is 0.307 e. The molecule has 4 nitrogen and oxygen atoms in total. The molecule has 110 valence electrons. The van der Waals surface area contributed by atoms with E-state index in [0.717, 1.165) is 10.0 Å². The van der Waals surface area contributed by atoms with Crippen molar-refractivity contribution in [3.8, 4) is 5.88 Å². The summed E-state index contributed by atoms with van der Waals surface area (Å²) in [6, 6.07) is 13.0. The molecule has 0 fully saturated rings. The van der Waals surface area contributed by atoms with E-state index < -0.39 is 11.9 Å². The number of nitrogens with zero attached hydrogens (tertiary/aromatic N) is 1. The molecular formula is C16H16BrNO3. The minimum Gasteiger partial charge on any atom is -0.481 e. The normalized spacial score (nSPS) is 11.9. The lowest BCUT2D eigenvalue weighted by Gasteiger charge is -2.13. The molecule has 1 N–H and O–H groups in total. The van der Waals surface area contributed by atoms with E-state index in [1.54, 1.807) is 13.2 Å². The number of rotatable bonds is 6. The Labute approximate surface area is 131 Å². The maximum atomic E-state index is 11.5. The zero-order valence-electron chi connectivity index (χ0n) is 11.6. The monoisotopic (exact) mass is 349 g/mol. The van der Waals surface area contributed by atoms with Crippen LogP contribution in [-0.2, 0) is 17.6 Å². The van der Waals surface area contributed by atoms with Crippen LogP contribution in [0, 0.1) is 5.92 Å². The number of carbonyl (C=O) groups is 1. The summed E-state index contributed by atoms with van der Waals surface area (Å²) in [5, 5.41) is 9.44. The van der Waals surface area contributed by atoms with Gasteiger partial charge in [0.15, 0.2) is 0 Å². The van der Waals surface area contributed by atoms with Crippen LogP contribution >= 0.6 is 15.9 Å². The van der Waals surface area contributed by atoms with Crippen LogP contribution in [0.1, 0.15) is 11.3 Å². The van der Waals surface area contributed by atoms with Gasteiger partial charge in [0, 0.05) is 22.7 Å². The highest BCUT2D eigenvalue weighted by Gasteiger charge is 2.20. The third kappa shape index (κ3) is 4.29. The van der Waals surface area contributed by atoms with Crippen molar-refractivity contribution in [1.29, 1.82) is 0 Å². The Kier molecular flexibility index (Phi) is 5.33. The Bertz CT molecular complexity index is 630. The molecule has 0 bridgehead atoms. The molecule has 1 unspecified atom stereocenters. The molecule has 5 heteroatoms. The van der Waals surface area contributed by atoms with Crippen molar-refractivity contribution >= 4 is 21.9 Å². The minimum absolute atomic E-state index is 0.369. The Balaban J connectivity index is 2.16. The lowest BCUT2D eigenvalue weighted by atomic mass is 9.94. The van der Waals surface area contributed by atoms with Gasteiger partial charge >= 0.3 is 5.97 Å². The van der Waals surface area contributed by atoms with Crippen molar-refractivity contribution in [2.75, 3.05) is 7.11 Å². The van der Waals surface area contributed by atoms with Gasteiger partial charge in [0.2, 0.25) is 5.88 Å². The molecule has 1 aromatic heterocycles.